The summed E-state index contributed by atoms with van der Waals surface area (Å²) in [5.41, 5.74) is 3.76. The summed E-state index contributed by atoms with van der Waals surface area (Å²) in [6.07, 6.45) is 6.85. The Bertz CT molecular complexity index is 347. The second-order valence-corrected chi connectivity index (χ2v) is 3.02. The van der Waals surface area contributed by atoms with Crippen LogP contribution in [-0.4, -0.2) is 17.4 Å². The molecule has 11 heavy (non-hydrogen) atoms. The highest BCUT2D eigenvalue weighted by molar-refractivity contribution is 5.88. The quantitative estimate of drug-likeness (QED) is 0.497. The van der Waals surface area contributed by atoms with Gasteiger partial charge >= 0.3 is 0 Å². The van der Waals surface area contributed by atoms with Crippen molar-refractivity contribution in [3.8, 4) is 0 Å². The van der Waals surface area contributed by atoms with Crippen molar-refractivity contribution in [3.63, 3.8) is 0 Å². The van der Waals surface area contributed by atoms with Crippen LogP contribution in [0.1, 0.15) is 6.42 Å². The maximum absolute atomic E-state index is 11.2. The Balaban J connectivity index is 2.11. The number of amides is 1. The molecule has 0 aromatic heterocycles. The van der Waals surface area contributed by atoms with E-state index in [1.807, 2.05) is 11.0 Å². The van der Waals surface area contributed by atoms with E-state index in [2.05, 4.69) is 12.2 Å². The standard InChI is InChI=1S/C9H7NO/c11-9-2-1-8-7-5-6(7)3-4-10(8)9/h1,3,5H,2,4H2. The number of rotatable bonds is 0. The molecular weight excluding hydrogens is 138 g/mol. The molecule has 0 atom stereocenters. The Labute approximate surface area is 64.5 Å². The van der Waals surface area contributed by atoms with Crippen molar-refractivity contribution >= 4 is 5.91 Å². The molecule has 3 rings (SSSR count). The Kier molecular flexibility index (Phi) is 0.716. The minimum atomic E-state index is 0.239. The maximum atomic E-state index is 11.2. The molecule has 2 heterocycles. The van der Waals surface area contributed by atoms with Gasteiger partial charge in [-0.2, -0.15) is 0 Å². The van der Waals surface area contributed by atoms with Gasteiger partial charge in [-0.15, -0.1) is 0 Å². The molecule has 0 spiro atoms. The molecule has 2 heteroatoms. The van der Waals surface area contributed by atoms with E-state index in [0.29, 0.717) is 6.42 Å². The summed E-state index contributed by atoms with van der Waals surface area (Å²) < 4.78 is 0. The number of carbonyl (C=O) groups is 1. The van der Waals surface area contributed by atoms with Gasteiger partial charge in [0.1, 0.15) is 0 Å². The second kappa shape index (κ2) is 1.47. The third-order valence-electron chi connectivity index (χ3n) is 2.36. The zero-order valence-corrected chi connectivity index (χ0v) is 6.00. The highest BCUT2D eigenvalue weighted by Gasteiger charge is 2.34. The van der Waals surface area contributed by atoms with Gasteiger partial charge in [0.2, 0.25) is 5.91 Å². The van der Waals surface area contributed by atoms with Crippen LogP contribution in [0.2, 0.25) is 0 Å². The smallest absolute Gasteiger partial charge is 0.231 e. The highest BCUT2D eigenvalue weighted by atomic mass is 16.2. The van der Waals surface area contributed by atoms with Crippen molar-refractivity contribution in [1.29, 1.82) is 0 Å². The van der Waals surface area contributed by atoms with E-state index < -0.39 is 0 Å². The van der Waals surface area contributed by atoms with Crippen LogP contribution in [0.5, 0.6) is 0 Å². The molecule has 2 aliphatic heterocycles. The van der Waals surface area contributed by atoms with Crippen LogP contribution in [0.25, 0.3) is 0 Å². The maximum Gasteiger partial charge on any atom is 0.231 e. The monoisotopic (exact) mass is 145 g/mol. The molecular formula is C9H7NO. The summed E-state index contributed by atoms with van der Waals surface area (Å²) in [5, 5.41) is 0. The molecule has 2 nitrogen and oxygen atoms in total. The van der Waals surface area contributed by atoms with Crippen molar-refractivity contribution in [2.75, 3.05) is 6.54 Å². The number of nitrogens with zero attached hydrogens (tertiary/aromatic N) is 1. The van der Waals surface area contributed by atoms with Gasteiger partial charge in [-0.05, 0) is 11.6 Å². The summed E-state index contributed by atoms with van der Waals surface area (Å²) in [6.45, 7) is 0.778. The number of hydrogen-bond donors (Lipinski definition) is 0. The van der Waals surface area contributed by atoms with Crippen LogP contribution < -0.4 is 0 Å². The molecule has 0 N–H and O–H groups in total. The summed E-state index contributed by atoms with van der Waals surface area (Å²) in [6, 6.07) is 0. The van der Waals surface area contributed by atoms with Crippen LogP contribution in [0, 0.1) is 0 Å². The minimum absolute atomic E-state index is 0.239. The van der Waals surface area contributed by atoms with E-state index in [4.69, 9.17) is 0 Å². The highest BCUT2D eigenvalue weighted by Crippen LogP contribution is 2.41. The average molecular weight is 145 g/mol. The SMILES string of the molecule is O=C1CC=C2C3=CC3=CCN12. The van der Waals surface area contributed by atoms with Gasteiger partial charge < -0.3 is 4.90 Å². The molecule has 0 bridgehead atoms. The lowest BCUT2D eigenvalue weighted by Gasteiger charge is -2.19. The van der Waals surface area contributed by atoms with Crippen LogP contribution in [0.3, 0.4) is 0 Å². The first-order valence-corrected chi connectivity index (χ1v) is 3.79. The molecule has 0 radical (unpaired) electrons. The van der Waals surface area contributed by atoms with Gasteiger partial charge in [-0.25, -0.2) is 0 Å². The Morgan fingerprint density at radius 3 is 3.18 bits per heavy atom. The fraction of sp³-hybridized carbons (Fsp3) is 0.222. The normalized spacial score (nSPS) is 25.3. The number of fused-ring (bicyclic) bond motifs is 3. The van der Waals surface area contributed by atoms with E-state index in [9.17, 15) is 4.79 Å². The van der Waals surface area contributed by atoms with Crippen molar-refractivity contribution in [2.24, 2.45) is 0 Å². The molecule has 3 aliphatic rings. The van der Waals surface area contributed by atoms with E-state index in [1.54, 1.807) is 0 Å². The third kappa shape index (κ3) is 0.546. The van der Waals surface area contributed by atoms with Crippen LogP contribution in [0.15, 0.2) is 35.1 Å². The van der Waals surface area contributed by atoms with Crippen LogP contribution >= 0.6 is 0 Å². The summed E-state index contributed by atoms with van der Waals surface area (Å²) in [7, 11) is 0. The molecule has 0 unspecified atom stereocenters. The van der Waals surface area contributed by atoms with Crippen LogP contribution in [-0.2, 0) is 4.79 Å². The number of allylic oxidation sites excluding steroid dienone is 2. The first-order valence-electron chi connectivity index (χ1n) is 3.79. The van der Waals surface area contributed by atoms with Crippen molar-refractivity contribution < 1.29 is 4.79 Å². The second-order valence-electron chi connectivity index (χ2n) is 3.02. The first kappa shape index (κ1) is 5.35. The minimum Gasteiger partial charge on any atom is -0.308 e. The van der Waals surface area contributed by atoms with Crippen molar-refractivity contribution in [1.82, 2.24) is 4.90 Å². The van der Waals surface area contributed by atoms with Gasteiger partial charge in [-0.1, -0.05) is 12.2 Å². The van der Waals surface area contributed by atoms with E-state index in [1.165, 1.54) is 11.1 Å². The topological polar surface area (TPSA) is 20.3 Å². The van der Waals surface area contributed by atoms with Crippen molar-refractivity contribution in [2.45, 2.75) is 6.42 Å². The summed E-state index contributed by atoms with van der Waals surface area (Å²) in [5.74, 6) is 0.239. The predicted octanol–water partition coefficient (Wildman–Crippen LogP) is 0.983. The lowest BCUT2D eigenvalue weighted by molar-refractivity contribution is -0.126. The number of carbonyl (C=O) groups excluding carboxylic acids is 1. The Morgan fingerprint density at radius 2 is 2.27 bits per heavy atom. The largest absolute Gasteiger partial charge is 0.308 e. The fourth-order valence-corrected chi connectivity index (χ4v) is 1.69. The van der Waals surface area contributed by atoms with Gasteiger partial charge in [-0.3, -0.25) is 4.79 Å². The lowest BCUT2D eigenvalue weighted by Crippen LogP contribution is -2.26. The molecule has 0 saturated heterocycles. The zero-order valence-electron chi connectivity index (χ0n) is 6.00. The molecule has 0 aromatic carbocycles. The molecule has 0 fully saturated rings. The van der Waals surface area contributed by atoms with Gasteiger partial charge in [0.05, 0.1) is 0 Å². The predicted molar refractivity (Wildman–Crippen MR) is 40.6 cm³/mol. The molecule has 1 amide bonds. The van der Waals surface area contributed by atoms with Gasteiger partial charge in [0, 0.05) is 24.2 Å². The summed E-state index contributed by atoms with van der Waals surface area (Å²) in [4.78, 5) is 13.0. The molecule has 54 valence electrons. The molecule has 1 aliphatic carbocycles. The van der Waals surface area contributed by atoms with Gasteiger partial charge in [0.15, 0.2) is 0 Å². The Hall–Kier alpha value is -1.31. The zero-order chi connectivity index (χ0) is 7.42. The molecule has 0 aromatic rings. The molecule has 0 saturated carbocycles. The van der Waals surface area contributed by atoms with E-state index in [0.717, 1.165) is 12.2 Å². The average Bonchev–Trinajstić information content (AvgIpc) is 2.71. The van der Waals surface area contributed by atoms with E-state index >= 15 is 0 Å². The van der Waals surface area contributed by atoms with Crippen molar-refractivity contribution in [3.05, 3.63) is 35.1 Å². The van der Waals surface area contributed by atoms with Crippen LogP contribution in [0.4, 0.5) is 0 Å². The van der Waals surface area contributed by atoms with E-state index in [-0.39, 0.29) is 5.91 Å². The fourth-order valence-electron chi connectivity index (χ4n) is 1.69. The number of hydrogen-bond acceptors (Lipinski definition) is 1. The summed E-state index contributed by atoms with van der Waals surface area (Å²) >= 11 is 0. The lowest BCUT2D eigenvalue weighted by atomic mass is 10.2. The van der Waals surface area contributed by atoms with Gasteiger partial charge in [0.25, 0.3) is 0 Å². The Morgan fingerprint density at radius 1 is 1.36 bits per heavy atom. The first-order chi connectivity index (χ1) is 5.36. The third-order valence-corrected chi connectivity index (χ3v) is 2.36.